The van der Waals surface area contributed by atoms with Gasteiger partial charge in [0.1, 0.15) is 5.82 Å². The van der Waals surface area contributed by atoms with Crippen LogP contribution in [0, 0.1) is 13.8 Å². The minimum atomic E-state index is 0.784. The lowest BCUT2D eigenvalue weighted by atomic mass is 10.1. The number of aromatic nitrogens is 6. The number of aryl methyl sites for hydroxylation is 2. The summed E-state index contributed by atoms with van der Waals surface area (Å²) in [6, 6.07) is 16.9. The van der Waals surface area contributed by atoms with Gasteiger partial charge in [-0.15, -0.1) is 10.2 Å². The van der Waals surface area contributed by atoms with Gasteiger partial charge in [0.25, 0.3) is 0 Å². The fourth-order valence-electron chi connectivity index (χ4n) is 3.63. The van der Waals surface area contributed by atoms with Crippen LogP contribution in [0.5, 0.6) is 0 Å². The topological polar surface area (TPSA) is 63.8 Å². The summed E-state index contributed by atoms with van der Waals surface area (Å²) >= 11 is 0. The van der Waals surface area contributed by atoms with E-state index in [1.807, 2.05) is 19.1 Å². The first-order valence-corrected chi connectivity index (χ1v) is 8.60. The Morgan fingerprint density at radius 3 is 2.69 bits per heavy atom. The predicted octanol–water partition coefficient (Wildman–Crippen LogP) is 3.74. The van der Waals surface area contributed by atoms with E-state index in [0.717, 1.165) is 40.4 Å². The van der Waals surface area contributed by atoms with Crippen molar-refractivity contribution in [2.75, 3.05) is 0 Å². The van der Waals surface area contributed by atoms with Gasteiger partial charge in [-0.1, -0.05) is 29.8 Å². The maximum atomic E-state index is 4.25. The third-order valence-corrected chi connectivity index (χ3v) is 4.80. The highest BCUT2D eigenvalue weighted by Crippen LogP contribution is 2.29. The van der Waals surface area contributed by atoms with Crippen molar-refractivity contribution in [3.63, 3.8) is 0 Å². The number of nitrogens with one attached hydrogen (secondary N) is 1. The lowest BCUT2D eigenvalue weighted by Gasteiger charge is -2.11. The first kappa shape index (κ1) is 14.9. The molecule has 0 saturated carbocycles. The molecule has 5 rings (SSSR count). The van der Waals surface area contributed by atoms with Crippen LogP contribution in [0.2, 0.25) is 0 Å². The highest BCUT2D eigenvalue weighted by Gasteiger charge is 2.16. The number of hydrogen-bond acceptors (Lipinski definition) is 3. The smallest absolute Gasteiger partial charge is 0.161 e. The van der Waals surface area contributed by atoms with E-state index < -0.39 is 0 Å². The molecule has 26 heavy (non-hydrogen) atoms. The van der Waals surface area contributed by atoms with Crippen LogP contribution in [-0.2, 0) is 6.54 Å². The molecule has 0 aliphatic heterocycles. The van der Waals surface area contributed by atoms with Crippen molar-refractivity contribution in [1.29, 1.82) is 0 Å². The minimum Gasteiger partial charge on any atom is -0.333 e. The number of hydrogen-bond donors (Lipinski definition) is 1. The Bertz CT molecular complexity index is 1230. The Balaban J connectivity index is 1.80. The summed E-state index contributed by atoms with van der Waals surface area (Å²) < 4.78 is 4.42. The number of benzene rings is 1. The number of H-pyrrole nitrogens is 1. The molecule has 5 aromatic rings. The molecule has 1 aromatic carbocycles. The monoisotopic (exact) mass is 342 g/mol. The fourth-order valence-corrected chi connectivity index (χ4v) is 3.63. The van der Waals surface area contributed by atoms with E-state index in [-0.39, 0.29) is 0 Å². The Kier molecular flexibility index (Phi) is 3.18. The third-order valence-electron chi connectivity index (χ3n) is 4.80. The van der Waals surface area contributed by atoms with Gasteiger partial charge in [0.2, 0.25) is 0 Å². The quantitative estimate of drug-likeness (QED) is 0.543. The molecular weight excluding hydrogens is 324 g/mol. The Labute approximate surface area is 150 Å². The van der Waals surface area contributed by atoms with E-state index in [2.05, 4.69) is 72.7 Å². The molecule has 0 unspecified atom stereocenters. The van der Waals surface area contributed by atoms with Gasteiger partial charge in [-0.3, -0.25) is 9.50 Å². The minimum absolute atomic E-state index is 0.784. The van der Waals surface area contributed by atoms with Crippen LogP contribution in [0.1, 0.15) is 17.0 Å². The average Bonchev–Trinajstić information content (AvgIpc) is 3.34. The molecule has 1 N–H and O–H groups in total. The van der Waals surface area contributed by atoms with Crippen LogP contribution in [0.4, 0.5) is 0 Å². The lowest BCUT2D eigenvalue weighted by Crippen LogP contribution is -2.02. The molecule has 0 atom stereocenters. The van der Waals surface area contributed by atoms with Gasteiger partial charge >= 0.3 is 0 Å². The summed E-state index contributed by atoms with van der Waals surface area (Å²) in [6.45, 7) is 4.89. The summed E-state index contributed by atoms with van der Waals surface area (Å²) in [5.74, 6) is 0.884. The van der Waals surface area contributed by atoms with E-state index >= 15 is 0 Å². The van der Waals surface area contributed by atoms with Gasteiger partial charge in [-0.2, -0.15) is 5.10 Å². The highest BCUT2D eigenvalue weighted by molar-refractivity contribution is 5.86. The molecule has 0 spiro atoms. The van der Waals surface area contributed by atoms with Crippen molar-refractivity contribution in [2.24, 2.45) is 0 Å². The molecule has 0 amide bonds. The Morgan fingerprint density at radius 2 is 1.88 bits per heavy atom. The van der Waals surface area contributed by atoms with Crippen LogP contribution in [0.15, 0.2) is 54.7 Å². The third kappa shape index (κ3) is 2.23. The summed E-state index contributed by atoms with van der Waals surface area (Å²) in [5, 5.41) is 15.7. The molecule has 0 aliphatic carbocycles. The lowest BCUT2D eigenvalue weighted by molar-refractivity contribution is 0.838. The summed E-state index contributed by atoms with van der Waals surface area (Å²) in [6.07, 6.45) is 1.78. The van der Waals surface area contributed by atoms with E-state index in [0.29, 0.717) is 0 Å². The van der Waals surface area contributed by atoms with Crippen LogP contribution in [0.3, 0.4) is 0 Å². The molecule has 0 radical (unpaired) electrons. The summed E-state index contributed by atoms with van der Waals surface area (Å²) in [4.78, 5) is 0. The molecule has 0 bridgehead atoms. The van der Waals surface area contributed by atoms with Crippen molar-refractivity contribution in [1.82, 2.24) is 29.4 Å². The fraction of sp³-hybridized carbons (Fsp3) is 0.150. The van der Waals surface area contributed by atoms with E-state index in [9.17, 15) is 0 Å². The van der Waals surface area contributed by atoms with E-state index in [1.165, 1.54) is 11.1 Å². The van der Waals surface area contributed by atoms with Gasteiger partial charge in [-0.05, 0) is 43.7 Å². The van der Waals surface area contributed by atoms with Crippen molar-refractivity contribution in [3.8, 4) is 11.4 Å². The van der Waals surface area contributed by atoms with Crippen LogP contribution in [0.25, 0.3) is 28.1 Å². The van der Waals surface area contributed by atoms with Crippen molar-refractivity contribution < 1.29 is 0 Å². The zero-order valence-electron chi connectivity index (χ0n) is 14.6. The number of nitrogens with zero attached hydrogens (tertiary/aromatic N) is 5. The Morgan fingerprint density at radius 1 is 0.962 bits per heavy atom. The number of fused-ring (bicyclic) bond motifs is 3. The second-order valence-electron chi connectivity index (χ2n) is 6.62. The molecule has 128 valence electrons. The van der Waals surface area contributed by atoms with Gasteiger partial charge in [0, 0.05) is 12.7 Å². The van der Waals surface area contributed by atoms with Gasteiger partial charge < -0.3 is 4.57 Å². The van der Waals surface area contributed by atoms with Crippen molar-refractivity contribution in [3.05, 3.63) is 71.7 Å². The Hall–Kier alpha value is -3.41. The SMILES string of the molecule is Cc1cccc(Cn2c(-c3ccn[nH]3)cc3c2ccc2nnc(C)n23)c1. The largest absolute Gasteiger partial charge is 0.333 e. The predicted molar refractivity (Wildman–Crippen MR) is 101 cm³/mol. The van der Waals surface area contributed by atoms with Crippen LogP contribution in [-0.4, -0.2) is 29.4 Å². The molecule has 0 fully saturated rings. The average molecular weight is 342 g/mol. The van der Waals surface area contributed by atoms with Gasteiger partial charge in [0.05, 0.1) is 22.4 Å². The number of pyridine rings is 1. The molecule has 0 aliphatic rings. The van der Waals surface area contributed by atoms with E-state index in [4.69, 9.17) is 0 Å². The standard InChI is InChI=1S/C20H18N6/c1-13-4-3-5-15(10-13)12-25-17-6-7-20-24-22-14(2)26(20)19(17)11-18(25)16-8-9-21-23-16/h3-11H,12H2,1-2H3,(H,21,23). The summed E-state index contributed by atoms with van der Waals surface area (Å²) in [5.41, 5.74) is 7.72. The number of rotatable bonds is 3. The van der Waals surface area contributed by atoms with Gasteiger partial charge in [-0.25, -0.2) is 0 Å². The molecule has 4 heterocycles. The van der Waals surface area contributed by atoms with Crippen molar-refractivity contribution >= 4 is 16.7 Å². The van der Waals surface area contributed by atoms with E-state index in [1.54, 1.807) is 6.20 Å². The molecule has 4 aromatic heterocycles. The molecule has 6 nitrogen and oxygen atoms in total. The molecule has 6 heteroatoms. The number of aromatic amines is 1. The maximum absolute atomic E-state index is 4.25. The first-order valence-electron chi connectivity index (χ1n) is 8.60. The second-order valence-corrected chi connectivity index (χ2v) is 6.62. The zero-order chi connectivity index (χ0) is 17.7. The maximum Gasteiger partial charge on any atom is 0.161 e. The summed E-state index contributed by atoms with van der Waals surface area (Å²) in [7, 11) is 0. The second kappa shape index (κ2) is 5.56. The van der Waals surface area contributed by atoms with Crippen LogP contribution >= 0.6 is 0 Å². The zero-order valence-corrected chi connectivity index (χ0v) is 14.6. The van der Waals surface area contributed by atoms with Gasteiger partial charge in [0.15, 0.2) is 5.65 Å². The molecule has 0 saturated heterocycles. The first-order chi connectivity index (χ1) is 12.7. The highest BCUT2D eigenvalue weighted by atomic mass is 15.2. The van der Waals surface area contributed by atoms with Crippen molar-refractivity contribution in [2.45, 2.75) is 20.4 Å². The van der Waals surface area contributed by atoms with Crippen LogP contribution < -0.4 is 0 Å². The molecular formula is C20H18N6. The normalized spacial score (nSPS) is 11.6.